The van der Waals surface area contributed by atoms with Gasteiger partial charge in [0.2, 0.25) is 0 Å². The van der Waals surface area contributed by atoms with Crippen LogP contribution in [-0.4, -0.2) is 29.6 Å². The normalized spacial score (nSPS) is 10.3. The van der Waals surface area contributed by atoms with Gasteiger partial charge in [-0.3, -0.25) is 4.79 Å². The van der Waals surface area contributed by atoms with Crippen molar-refractivity contribution in [2.75, 3.05) is 6.61 Å². The Balaban J connectivity index is 2.44. The third-order valence-corrected chi connectivity index (χ3v) is 2.77. The number of esters is 1. The standard InChI is InChI=1S/C14H19NO4/c1-3-11(4-2)15-13(17)9-19-14(18)10-6-5-7-12(16)8-10/h5-8,11,16H,3-4,9H2,1-2H3,(H,15,17). The molecule has 5 nitrogen and oxygen atoms in total. The Hall–Kier alpha value is -2.04. The van der Waals surface area contributed by atoms with Crippen molar-refractivity contribution in [2.45, 2.75) is 32.7 Å². The minimum atomic E-state index is -0.629. The molecule has 0 fully saturated rings. The molecule has 0 saturated carbocycles. The van der Waals surface area contributed by atoms with E-state index in [0.29, 0.717) is 0 Å². The van der Waals surface area contributed by atoms with Gasteiger partial charge in [-0.05, 0) is 31.0 Å². The highest BCUT2D eigenvalue weighted by Crippen LogP contribution is 2.11. The molecule has 1 amide bonds. The van der Waals surface area contributed by atoms with Crippen molar-refractivity contribution < 1.29 is 19.4 Å². The lowest BCUT2D eigenvalue weighted by molar-refractivity contribution is -0.125. The van der Waals surface area contributed by atoms with Crippen LogP contribution in [0.1, 0.15) is 37.0 Å². The highest BCUT2D eigenvalue weighted by atomic mass is 16.5. The second-order valence-corrected chi connectivity index (χ2v) is 4.21. The lowest BCUT2D eigenvalue weighted by Gasteiger charge is -2.14. The van der Waals surface area contributed by atoms with E-state index < -0.39 is 5.97 Å². The molecule has 1 rings (SSSR count). The Kier molecular flexibility index (Phi) is 5.85. The Bertz CT molecular complexity index is 441. The average Bonchev–Trinajstić information content (AvgIpc) is 2.42. The molecule has 0 radical (unpaired) electrons. The first-order chi connectivity index (χ1) is 9.06. The fraction of sp³-hybridized carbons (Fsp3) is 0.429. The molecule has 0 atom stereocenters. The van der Waals surface area contributed by atoms with Gasteiger partial charge in [-0.15, -0.1) is 0 Å². The van der Waals surface area contributed by atoms with Crippen LogP contribution in [0, 0.1) is 0 Å². The van der Waals surface area contributed by atoms with Crippen molar-refractivity contribution in [1.29, 1.82) is 0 Å². The van der Waals surface area contributed by atoms with E-state index in [4.69, 9.17) is 4.74 Å². The smallest absolute Gasteiger partial charge is 0.338 e. The summed E-state index contributed by atoms with van der Waals surface area (Å²) in [5.41, 5.74) is 0.218. The summed E-state index contributed by atoms with van der Waals surface area (Å²) in [5.74, 6) is -0.964. The maximum atomic E-state index is 11.6. The van der Waals surface area contributed by atoms with Crippen molar-refractivity contribution in [1.82, 2.24) is 5.32 Å². The van der Waals surface area contributed by atoms with Crippen LogP contribution in [0.5, 0.6) is 5.75 Å². The molecule has 2 N–H and O–H groups in total. The van der Waals surface area contributed by atoms with Gasteiger partial charge in [0.15, 0.2) is 6.61 Å². The van der Waals surface area contributed by atoms with Crippen LogP contribution in [-0.2, 0) is 9.53 Å². The number of carbonyl (C=O) groups excluding carboxylic acids is 2. The number of phenolic OH excluding ortho intramolecular Hbond substituents is 1. The van der Waals surface area contributed by atoms with E-state index in [1.807, 2.05) is 13.8 Å². The molecule has 1 aromatic carbocycles. The number of phenols is 1. The van der Waals surface area contributed by atoms with Gasteiger partial charge < -0.3 is 15.2 Å². The van der Waals surface area contributed by atoms with E-state index in [1.54, 1.807) is 0 Å². The maximum Gasteiger partial charge on any atom is 0.338 e. The molecular formula is C14H19NO4. The lowest BCUT2D eigenvalue weighted by Crippen LogP contribution is -2.36. The molecule has 1 aromatic rings. The molecule has 0 saturated heterocycles. The Labute approximate surface area is 112 Å². The zero-order valence-electron chi connectivity index (χ0n) is 11.2. The third-order valence-electron chi connectivity index (χ3n) is 2.77. The van der Waals surface area contributed by atoms with Crippen molar-refractivity contribution >= 4 is 11.9 Å². The molecule has 0 spiro atoms. The highest BCUT2D eigenvalue weighted by molar-refractivity contribution is 5.91. The van der Waals surface area contributed by atoms with Gasteiger partial charge in [-0.2, -0.15) is 0 Å². The first-order valence-electron chi connectivity index (χ1n) is 6.32. The van der Waals surface area contributed by atoms with E-state index in [2.05, 4.69) is 5.32 Å². The second-order valence-electron chi connectivity index (χ2n) is 4.21. The van der Waals surface area contributed by atoms with Crippen LogP contribution in [0.2, 0.25) is 0 Å². The number of aromatic hydroxyl groups is 1. The quantitative estimate of drug-likeness (QED) is 0.770. The van der Waals surface area contributed by atoms with Gasteiger partial charge in [-0.25, -0.2) is 4.79 Å². The van der Waals surface area contributed by atoms with Gasteiger partial charge in [0, 0.05) is 6.04 Å². The predicted octanol–water partition coefficient (Wildman–Crippen LogP) is 1.85. The molecule has 0 aliphatic carbocycles. The molecule has 0 aliphatic heterocycles. The van der Waals surface area contributed by atoms with Gasteiger partial charge >= 0.3 is 5.97 Å². The Morgan fingerprint density at radius 3 is 2.58 bits per heavy atom. The third kappa shape index (κ3) is 4.99. The van der Waals surface area contributed by atoms with Crippen molar-refractivity contribution in [2.24, 2.45) is 0 Å². The Morgan fingerprint density at radius 2 is 2.00 bits per heavy atom. The molecular weight excluding hydrogens is 246 g/mol. The number of nitrogens with one attached hydrogen (secondary N) is 1. The number of hydrogen-bond donors (Lipinski definition) is 2. The number of hydrogen-bond acceptors (Lipinski definition) is 4. The van der Waals surface area contributed by atoms with Crippen LogP contribution in [0.15, 0.2) is 24.3 Å². The minimum Gasteiger partial charge on any atom is -0.508 e. The molecule has 104 valence electrons. The Morgan fingerprint density at radius 1 is 1.32 bits per heavy atom. The van der Waals surface area contributed by atoms with Crippen molar-refractivity contribution in [3.8, 4) is 5.75 Å². The van der Waals surface area contributed by atoms with Crippen LogP contribution in [0.25, 0.3) is 0 Å². The van der Waals surface area contributed by atoms with Crippen LogP contribution in [0.4, 0.5) is 0 Å². The maximum absolute atomic E-state index is 11.6. The molecule has 0 aliphatic rings. The first-order valence-corrected chi connectivity index (χ1v) is 6.32. The second kappa shape index (κ2) is 7.41. The SMILES string of the molecule is CCC(CC)NC(=O)COC(=O)c1cccc(O)c1. The van der Waals surface area contributed by atoms with E-state index in [0.717, 1.165) is 12.8 Å². The van der Waals surface area contributed by atoms with Crippen molar-refractivity contribution in [3.05, 3.63) is 29.8 Å². The first kappa shape index (κ1) is 15.0. The van der Waals surface area contributed by atoms with Gasteiger partial charge in [-0.1, -0.05) is 19.9 Å². The fourth-order valence-electron chi connectivity index (χ4n) is 1.61. The van der Waals surface area contributed by atoms with Gasteiger partial charge in [0.1, 0.15) is 5.75 Å². The number of ether oxygens (including phenoxy) is 1. The molecule has 0 aromatic heterocycles. The van der Waals surface area contributed by atoms with E-state index in [9.17, 15) is 14.7 Å². The zero-order chi connectivity index (χ0) is 14.3. The van der Waals surface area contributed by atoms with Crippen LogP contribution >= 0.6 is 0 Å². The zero-order valence-corrected chi connectivity index (χ0v) is 11.2. The number of amides is 1. The summed E-state index contributed by atoms with van der Waals surface area (Å²) < 4.78 is 4.87. The minimum absolute atomic E-state index is 0.0177. The summed E-state index contributed by atoms with van der Waals surface area (Å²) in [5, 5.41) is 12.0. The molecule has 0 bridgehead atoms. The number of rotatable bonds is 6. The number of benzene rings is 1. The van der Waals surface area contributed by atoms with Gasteiger partial charge in [0.25, 0.3) is 5.91 Å². The lowest BCUT2D eigenvalue weighted by atomic mass is 10.2. The summed E-state index contributed by atoms with van der Waals surface area (Å²) in [4.78, 5) is 23.1. The molecule has 0 heterocycles. The average molecular weight is 265 g/mol. The van der Waals surface area contributed by atoms with Crippen molar-refractivity contribution in [3.63, 3.8) is 0 Å². The summed E-state index contributed by atoms with van der Waals surface area (Å²) in [7, 11) is 0. The number of carbonyl (C=O) groups is 2. The summed E-state index contributed by atoms with van der Waals surface area (Å²) in [6.07, 6.45) is 1.67. The molecule has 19 heavy (non-hydrogen) atoms. The van der Waals surface area contributed by atoms with E-state index >= 15 is 0 Å². The highest BCUT2D eigenvalue weighted by Gasteiger charge is 2.12. The summed E-state index contributed by atoms with van der Waals surface area (Å²) >= 11 is 0. The van der Waals surface area contributed by atoms with Gasteiger partial charge in [0.05, 0.1) is 5.56 Å². The predicted molar refractivity (Wildman–Crippen MR) is 70.9 cm³/mol. The molecule has 0 unspecified atom stereocenters. The summed E-state index contributed by atoms with van der Waals surface area (Å²) in [6.45, 7) is 3.64. The largest absolute Gasteiger partial charge is 0.508 e. The molecule has 5 heteroatoms. The summed E-state index contributed by atoms with van der Waals surface area (Å²) in [6, 6.07) is 5.90. The topological polar surface area (TPSA) is 75.6 Å². The van der Waals surface area contributed by atoms with E-state index in [1.165, 1.54) is 24.3 Å². The fourth-order valence-corrected chi connectivity index (χ4v) is 1.61. The van der Waals surface area contributed by atoms with E-state index in [-0.39, 0.29) is 29.9 Å². The van der Waals surface area contributed by atoms with Crippen LogP contribution < -0.4 is 5.32 Å². The monoisotopic (exact) mass is 265 g/mol. The van der Waals surface area contributed by atoms with Crippen LogP contribution in [0.3, 0.4) is 0 Å².